The van der Waals surface area contributed by atoms with Crippen LogP contribution < -0.4 is 5.32 Å². The minimum Gasteiger partial charge on any atom is -0.508 e. The Labute approximate surface area is 93.8 Å². The van der Waals surface area contributed by atoms with Gasteiger partial charge in [0.1, 0.15) is 11.6 Å². The first-order valence-corrected chi connectivity index (χ1v) is 5.32. The van der Waals surface area contributed by atoms with Crippen molar-refractivity contribution in [2.75, 3.05) is 0 Å². The number of allylic oxidation sites excluding steroid dienone is 2. The number of phenols is 1. The first-order chi connectivity index (χ1) is 7.83. The molecule has 16 heavy (non-hydrogen) atoms. The summed E-state index contributed by atoms with van der Waals surface area (Å²) in [6.45, 7) is 0. The maximum atomic E-state index is 9.22. The van der Waals surface area contributed by atoms with Crippen molar-refractivity contribution in [1.29, 1.82) is 0 Å². The third kappa shape index (κ3) is 1.50. The van der Waals surface area contributed by atoms with Crippen molar-refractivity contribution in [1.82, 2.24) is 5.32 Å². The fraction of sp³-hybridized carbons (Fsp3) is 0.154. The Balaban J connectivity index is 1.90. The Morgan fingerprint density at radius 2 is 1.81 bits per heavy atom. The van der Waals surface area contributed by atoms with Gasteiger partial charge in [-0.2, -0.15) is 0 Å². The lowest BCUT2D eigenvalue weighted by atomic mass is 10.1. The number of aromatic hydroxyl groups is 1. The topological polar surface area (TPSA) is 44.6 Å². The van der Waals surface area contributed by atoms with Gasteiger partial charge in [-0.25, -0.2) is 0 Å². The molecule has 2 N–H and O–H groups in total. The third-order valence-electron chi connectivity index (χ3n) is 2.83. The van der Waals surface area contributed by atoms with Crippen LogP contribution in [0.4, 0.5) is 0 Å². The van der Waals surface area contributed by atoms with Crippen LogP contribution in [-0.4, -0.2) is 23.0 Å². The van der Waals surface area contributed by atoms with Crippen LogP contribution in [0, 0.1) is 0 Å². The highest BCUT2D eigenvalue weighted by atomic mass is 16.3. The molecule has 0 radical (unpaired) electrons. The number of hydrogen-bond donors (Lipinski definition) is 2. The highest BCUT2D eigenvalue weighted by Crippen LogP contribution is 2.18. The van der Waals surface area contributed by atoms with Crippen LogP contribution in [0.1, 0.15) is 5.56 Å². The molecule has 1 aromatic carbocycles. The van der Waals surface area contributed by atoms with Crippen LogP contribution >= 0.6 is 0 Å². The number of nitrogens with zero attached hydrogens (tertiary/aromatic N) is 1. The molecule has 1 aromatic rings. The standard InChI is InChI=1S/C13H12N2O/c16-10-7-5-9(6-8-10)13-14-11-3-1-2-4-12(11)15-13/h1-8,11-12,16H,(H,14,15). The van der Waals surface area contributed by atoms with E-state index in [1.165, 1.54) is 0 Å². The number of phenolic OH excluding ortho intramolecular Hbond substituents is 1. The zero-order valence-corrected chi connectivity index (χ0v) is 8.67. The maximum absolute atomic E-state index is 9.22. The third-order valence-corrected chi connectivity index (χ3v) is 2.83. The molecule has 0 saturated heterocycles. The number of amidine groups is 1. The van der Waals surface area contributed by atoms with Gasteiger partial charge < -0.3 is 10.4 Å². The molecule has 0 spiro atoms. The summed E-state index contributed by atoms with van der Waals surface area (Å²) in [4.78, 5) is 4.60. The Morgan fingerprint density at radius 1 is 1.06 bits per heavy atom. The fourth-order valence-corrected chi connectivity index (χ4v) is 1.97. The van der Waals surface area contributed by atoms with Gasteiger partial charge in [0.05, 0.1) is 12.1 Å². The number of aliphatic imine (C=N–C) groups is 1. The minimum atomic E-state index is 0.203. The van der Waals surface area contributed by atoms with Crippen molar-refractivity contribution in [2.45, 2.75) is 12.1 Å². The van der Waals surface area contributed by atoms with Crippen molar-refractivity contribution >= 4 is 5.84 Å². The van der Waals surface area contributed by atoms with Gasteiger partial charge in [0, 0.05) is 5.56 Å². The van der Waals surface area contributed by atoms with Gasteiger partial charge in [-0.1, -0.05) is 24.3 Å². The van der Waals surface area contributed by atoms with Gasteiger partial charge in [0.25, 0.3) is 0 Å². The van der Waals surface area contributed by atoms with Crippen molar-refractivity contribution in [3.63, 3.8) is 0 Å². The summed E-state index contributed by atoms with van der Waals surface area (Å²) in [6.07, 6.45) is 8.25. The Hall–Kier alpha value is -2.03. The van der Waals surface area contributed by atoms with Crippen LogP contribution in [-0.2, 0) is 0 Å². The van der Waals surface area contributed by atoms with Crippen LogP contribution in [0.2, 0.25) is 0 Å². The summed E-state index contributed by atoms with van der Waals surface area (Å²) in [5, 5.41) is 12.6. The van der Waals surface area contributed by atoms with Crippen molar-refractivity contribution in [2.24, 2.45) is 4.99 Å². The molecule has 0 saturated carbocycles. The molecular formula is C13H12N2O. The molecule has 1 aliphatic carbocycles. The first kappa shape index (κ1) is 9.21. The van der Waals surface area contributed by atoms with E-state index in [1.807, 2.05) is 24.3 Å². The van der Waals surface area contributed by atoms with Gasteiger partial charge in [0.15, 0.2) is 0 Å². The molecule has 1 heterocycles. The Morgan fingerprint density at radius 3 is 2.56 bits per heavy atom. The summed E-state index contributed by atoms with van der Waals surface area (Å²) in [6, 6.07) is 7.56. The van der Waals surface area contributed by atoms with E-state index in [0.717, 1.165) is 11.4 Å². The lowest BCUT2D eigenvalue weighted by Crippen LogP contribution is -2.33. The van der Waals surface area contributed by atoms with Crippen LogP contribution in [0.25, 0.3) is 0 Å². The predicted molar refractivity (Wildman–Crippen MR) is 63.6 cm³/mol. The zero-order valence-electron chi connectivity index (χ0n) is 8.67. The Kier molecular flexibility index (Phi) is 2.03. The smallest absolute Gasteiger partial charge is 0.129 e. The quantitative estimate of drug-likeness (QED) is 0.742. The van der Waals surface area contributed by atoms with Crippen molar-refractivity contribution < 1.29 is 5.11 Å². The van der Waals surface area contributed by atoms with Gasteiger partial charge in [-0.3, -0.25) is 4.99 Å². The average Bonchev–Trinajstić information content (AvgIpc) is 2.73. The normalized spacial score (nSPS) is 26.1. The molecule has 3 heteroatoms. The first-order valence-electron chi connectivity index (χ1n) is 5.32. The lowest BCUT2D eigenvalue weighted by Gasteiger charge is -2.13. The summed E-state index contributed by atoms with van der Waals surface area (Å²) >= 11 is 0. The predicted octanol–water partition coefficient (Wildman–Crippen LogP) is 1.61. The Bertz CT molecular complexity index is 485. The summed E-state index contributed by atoms with van der Waals surface area (Å²) < 4.78 is 0. The molecule has 0 aromatic heterocycles. The molecule has 2 atom stereocenters. The molecular weight excluding hydrogens is 200 g/mol. The van der Waals surface area contributed by atoms with Crippen molar-refractivity contribution in [3.8, 4) is 5.75 Å². The van der Waals surface area contributed by atoms with Crippen LogP contribution in [0.3, 0.4) is 0 Å². The SMILES string of the molecule is Oc1ccc(C2=NC3C=CC=CC3N2)cc1. The number of rotatable bonds is 1. The van der Waals surface area contributed by atoms with Crippen LogP contribution in [0.15, 0.2) is 53.6 Å². The molecule has 1 aliphatic heterocycles. The van der Waals surface area contributed by atoms with Crippen LogP contribution in [0.5, 0.6) is 5.75 Å². The van der Waals surface area contributed by atoms with Gasteiger partial charge in [-0.15, -0.1) is 0 Å². The summed E-state index contributed by atoms with van der Waals surface area (Å²) in [5.41, 5.74) is 1.01. The van der Waals surface area contributed by atoms with Gasteiger partial charge >= 0.3 is 0 Å². The van der Waals surface area contributed by atoms with Crippen molar-refractivity contribution in [3.05, 3.63) is 54.1 Å². The zero-order chi connectivity index (χ0) is 11.0. The molecule has 80 valence electrons. The van der Waals surface area contributed by atoms with E-state index in [1.54, 1.807) is 12.1 Å². The number of hydrogen-bond acceptors (Lipinski definition) is 3. The lowest BCUT2D eigenvalue weighted by molar-refractivity contribution is 0.475. The van der Waals surface area contributed by atoms with Gasteiger partial charge in [0.2, 0.25) is 0 Å². The molecule has 3 rings (SSSR count). The minimum absolute atomic E-state index is 0.203. The van der Waals surface area contributed by atoms with E-state index in [4.69, 9.17) is 0 Å². The number of fused-ring (bicyclic) bond motifs is 1. The second kappa shape index (κ2) is 3.52. The van der Waals surface area contributed by atoms with E-state index in [2.05, 4.69) is 22.5 Å². The number of benzene rings is 1. The molecule has 3 nitrogen and oxygen atoms in total. The van der Waals surface area contributed by atoms with E-state index in [9.17, 15) is 5.11 Å². The molecule has 2 aliphatic rings. The molecule has 2 unspecified atom stereocenters. The second-order valence-corrected chi connectivity index (χ2v) is 3.96. The van der Waals surface area contributed by atoms with E-state index in [-0.39, 0.29) is 17.8 Å². The van der Waals surface area contributed by atoms with Gasteiger partial charge in [-0.05, 0) is 24.3 Å². The van der Waals surface area contributed by atoms with E-state index < -0.39 is 0 Å². The summed E-state index contributed by atoms with van der Waals surface area (Å²) in [7, 11) is 0. The van der Waals surface area contributed by atoms with E-state index >= 15 is 0 Å². The highest BCUT2D eigenvalue weighted by Gasteiger charge is 2.26. The average molecular weight is 212 g/mol. The highest BCUT2D eigenvalue weighted by molar-refractivity contribution is 6.00. The second-order valence-electron chi connectivity index (χ2n) is 3.96. The molecule has 0 fully saturated rings. The summed E-state index contributed by atoms with van der Waals surface area (Å²) in [5.74, 6) is 1.17. The number of nitrogens with one attached hydrogen (secondary N) is 1. The monoisotopic (exact) mass is 212 g/mol. The fourth-order valence-electron chi connectivity index (χ4n) is 1.97. The molecule has 0 bridgehead atoms. The molecule has 0 amide bonds. The maximum Gasteiger partial charge on any atom is 0.129 e. The van der Waals surface area contributed by atoms with E-state index in [0.29, 0.717) is 0 Å². The largest absolute Gasteiger partial charge is 0.508 e.